The van der Waals surface area contributed by atoms with E-state index in [1.165, 1.54) is 21.8 Å². The van der Waals surface area contributed by atoms with Crippen LogP contribution in [0.3, 0.4) is 0 Å². The molecule has 4 aromatic rings. The standard InChI is InChI=1S/C22H18ClN5O4/c1-2-32-22(31)16-8-3-4-9-18(16)26-19(29)12-27-13-24-20-17(21(27)30)11-25-28(20)15-7-5-6-14(23)10-15/h3-11,13H,2,12H2,1H3,(H,26,29). The monoisotopic (exact) mass is 451 g/mol. The second kappa shape index (κ2) is 9.03. The third-order valence-corrected chi connectivity index (χ3v) is 4.85. The molecule has 10 heteroatoms. The second-order valence-corrected chi connectivity index (χ2v) is 7.20. The summed E-state index contributed by atoms with van der Waals surface area (Å²) in [5.74, 6) is -1.04. The van der Waals surface area contributed by atoms with Crippen molar-refractivity contribution in [3.05, 3.63) is 82.0 Å². The van der Waals surface area contributed by atoms with E-state index in [1.54, 1.807) is 55.5 Å². The van der Waals surface area contributed by atoms with Gasteiger partial charge in [-0.1, -0.05) is 29.8 Å². The lowest BCUT2D eigenvalue weighted by Gasteiger charge is -2.11. The number of carbonyl (C=O) groups is 2. The maximum absolute atomic E-state index is 12.9. The normalized spacial score (nSPS) is 10.8. The van der Waals surface area contributed by atoms with E-state index in [-0.39, 0.29) is 24.1 Å². The summed E-state index contributed by atoms with van der Waals surface area (Å²) in [5.41, 5.74) is 1.11. The summed E-state index contributed by atoms with van der Waals surface area (Å²) in [5, 5.41) is 7.67. The van der Waals surface area contributed by atoms with Gasteiger partial charge in [0, 0.05) is 5.02 Å². The minimum atomic E-state index is -0.544. The first-order chi connectivity index (χ1) is 15.5. The number of rotatable bonds is 6. The Hall–Kier alpha value is -3.98. The zero-order chi connectivity index (χ0) is 22.7. The minimum absolute atomic E-state index is 0.213. The molecule has 0 radical (unpaired) electrons. The number of aromatic nitrogens is 4. The molecule has 0 aliphatic carbocycles. The Balaban J connectivity index is 1.58. The Morgan fingerprint density at radius 2 is 1.97 bits per heavy atom. The molecule has 0 unspecified atom stereocenters. The van der Waals surface area contributed by atoms with Gasteiger partial charge in [0.25, 0.3) is 5.56 Å². The molecule has 9 nitrogen and oxygen atoms in total. The van der Waals surface area contributed by atoms with Crippen molar-refractivity contribution < 1.29 is 14.3 Å². The highest BCUT2D eigenvalue weighted by molar-refractivity contribution is 6.30. The van der Waals surface area contributed by atoms with Crippen LogP contribution in [0.1, 0.15) is 17.3 Å². The highest BCUT2D eigenvalue weighted by Crippen LogP contribution is 2.18. The summed E-state index contributed by atoms with van der Waals surface area (Å²) in [6, 6.07) is 13.5. The first-order valence-corrected chi connectivity index (χ1v) is 10.1. The van der Waals surface area contributed by atoms with Gasteiger partial charge in [-0.2, -0.15) is 5.10 Å². The van der Waals surface area contributed by atoms with Crippen molar-refractivity contribution >= 4 is 40.2 Å². The average molecular weight is 452 g/mol. The van der Waals surface area contributed by atoms with Gasteiger partial charge in [-0.3, -0.25) is 14.2 Å². The summed E-state index contributed by atoms with van der Waals surface area (Å²) in [4.78, 5) is 41.9. The molecule has 0 atom stereocenters. The van der Waals surface area contributed by atoms with Crippen molar-refractivity contribution in [1.29, 1.82) is 0 Å². The van der Waals surface area contributed by atoms with E-state index in [9.17, 15) is 14.4 Å². The van der Waals surface area contributed by atoms with Crippen LogP contribution in [-0.4, -0.2) is 37.8 Å². The number of halogens is 1. The third-order valence-electron chi connectivity index (χ3n) is 4.62. The van der Waals surface area contributed by atoms with Crippen molar-refractivity contribution in [1.82, 2.24) is 19.3 Å². The molecule has 0 fully saturated rings. The van der Waals surface area contributed by atoms with Gasteiger partial charge >= 0.3 is 5.97 Å². The summed E-state index contributed by atoms with van der Waals surface area (Å²) in [7, 11) is 0. The number of ether oxygens (including phenoxy) is 1. The number of fused-ring (bicyclic) bond motifs is 1. The number of esters is 1. The van der Waals surface area contributed by atoms with Crippen LogP contribution in [0, 0.1) is 0 Å². The number of anilines is 1. The Labute approximate surface area is 187 Å². The predicted molar refractivity (Wildman–Crippen MR) is 119 cm³/mol. The van der Waals surface area contributed by atoms with E-state index in [2.05, 4.69) is 15.4 Å². The molecule has 162 valence electrons. The van der Waals surface area contributed by atoms with Gasteiger partial charge in [0.15, 0.2) is 5.65 Å². The molecule has 1 amide bonds. The first kappa shape index (κ1) is 21.3. The van der Waals surface area contributed by atoms with Crippen LogP contribution in [0.15, 0.2) is 65.8 Å². The number of carbonyl (C=O) groups excluding carboxylic acids is 2. The number of nitrogens with zero attached hydrogens (tertiary/aromatic N) is 4. The molecule has 2 aromatic carbocycles. The Bertz CT molecular complexity index is 1380. The maximum atomic E-state index is 12.9. The van der Waals surface area contributed by atoms with E-state index >= 15 is 0 Å². The average Bonchev–Trinajstić information content (AvgIpc) is 3.21. The SMILES string of the molecule is CCOC(=O)c1ccccc1NC(=O)Cn1cnc2c(cnn2-c2cccc(Cl)c2)c1=O. The fourth-order valence-electron chi connectivity index (χ4n) is 3.18. The van der Waals surface area contributed by atoms with Crippen LogP contribution < -0.4 is 10.9 Å². The molecular weight excluding hydrogens is 434 g/mol. The lowest BCUT2D eigenvalue weighted by Crippen LogP contribution is -2.28. The highest BCUT2D eigenvalue weighted by Gasteiger charge is 2.16. The third kappa shape index (κ3) is 4.23. The van der Waals surface area contributed by atoms with E-state index in [4.69, 9.17) is 16.3 Å². The molecule has 0 spiro atoms. The quantitative estimate of drug-likeness (QED) is 0.451. The van der Waals surface area contributed by atoms with Gasteiger partial charge in [0.2, 0.25) is 5.91 Å². The molecule has 2 heterocycles. The van der Waals surface area contributed by atoms with Crippen molar-refractivity contribution in [2.45, 2.75) is 13.5 Å². The van der Waals surface area contributed by atoms with Crippen LogP contribution in [-0.2, 0) is 16.1 Å². The highest BCUT2D eigenvalue weighted by atomic mass is 35.5. The number of amides is 1. The largest absolute Gasteiger partial charge is 0.462 e. The van der Waals surface area contributed by atoms with Gasteiger partial charge in [-0.05, 0) is 37.3 Å². The molecule has 32 heavy (non-hydrogen) atoms. The lowest BCUT2D eigenvalue weighted by atomic mass is 10.2. The summed E-state index contributed by atoms with van der Waals surface area (Å²) >= 11 is 6.04. The number of nitrogens with one attached hydrogen (secondary N) is 1. The maximum Gasteiger partial charge on any atom is 0.340 e. The van der Waals surface area contributed by atoms with Crippen molar-refractivity contribution in [2.75, 3.05) is 11.9 Å². The summed E-state index contributed by atoms with van der Waals surface area (Å²) in [6.45, 7) is 1.62. The molecule has 0 bridgehead atoms. The fraction of sp³-hybridized carbons (Fsp3) is 0.136. The van der Waals surface area contributed by atoms with Crippen molar-refractivity contribution in [3.63, 3.8) is 0 Å². The minimum Gasteiger partial charge on any atom is -0.462 e. The van der Waals surface area contributed by atoms with Gasteiger partial charge in [-0.25, -0.2) is 14.5 Å². The van der Waals surface area contributed by atoms with Crippen LogP contribution in [0.2, 0.25) is 5.02 Å². The Kier molecular flexibility index (Phi) is 6.00. The van der Waals surface area contributed by atoms with E-state index in [0.29, 0.717) is 22.0 Å². The summed E-state index contributed by atoms with van der Waals surface area (Å²) < 4.78 is 7.69. The van der Waals surface area contributed by atoms with Crippen LogP contribution >= 0.6 is 11.6 Å². The molecule has 0 aliphatic heterocycles. The van der Waals surface area contributed by atoms with E-state index in [0.717, 1.165) is 0 Å². The molecule has 2 aromatic heterocycles. The van der Waals surface area contributed by atoms with Crippen molar-refractivity contribution in [3.8, 4) is 5.69 Å². The van der Waals surface area contributed by atoms with Gasteiger partial charge in [-0.15, -0.1) is 0 Å². The van der Waals surface area contributed by atoms with Crippen LogP contribution in [0.25, 0.3) is 16.7 Å². The molecule has 4 rings (SSSR count). The molecule has 0 aliphatic rings. The fourth-order valence-corrected chi connectivity index (χ4v) is 3.37. The Morgan fingerprint density at radius 1 is 1.16 bits per heavy atom. The van der Waals surface area contributed by atoms with Gasteiger partial charge < -0.3 is 10.1 Å². The smallest absolute Gasteiger partial charge is 0.340 e. The van der Waals surface area contributed by atoms with E-state index < -0.39 is 17.4 Å². The topological polar surface area (TPSA) is 108 Å². The van der Waals surface area contributed by atoms with Gasteiger partial charge in [0.1, 0.15) is 18.3 Å². The number of hydrogen-bond donors (Lipinski definition) is 1. The first-order valence-electron chi connectivity index (χ1n) is 9.73. The second-order valence-electron chi connectivity index (χ2n) is 6.77. The van der Waals surface area contributed by atoms with Gasteiger partial charge in [0.05, 0.1) is 29.7 Å². The van der Waals surface area contributed by atoms with Crippen molar-refractivity contribution in [2.24, 2.45) is 0 Å². The zero-order valence-corrected chi connectivity index (χ0v) is 17.7. The zero-order valence-electron chi connectivity index (χ0n) is 17.0. The molecule has 1 N–H and O–H groups in total. The summed E-state index contributed by atoms with van der Waals surface area (Å²) in [6.07, 6.45) is 2.68. The molecular formula is C22H18ClN5O4. The number of para-hydroxylation sites is 1. The number of benzene rings is 2. The molecule has 0 saturated carbocycles. The van der Waals surface area contributed by atoms with Crippen LogP contribution in [0.5, 0.6) is 0 Å². The Morgan fingerprint density at radius 3 is 2.75 bits per heavy atom. The number of hydrogen-bond acceptors (Lipinski definition) is 6. The van der Waals surface area contributed by atoms with E-state index in [1.807, 2.05) is 0 Å². The lowest BCUT2D eigenvalue weighted by molar-refractivity contribution is -0.116. The van der Waals surface area contributed by atoms with Crippen LogP contribution in [0.4, 0.5) is 5.69 Å². The molecule has 0 saturated heterocycles. The predicted octanol–water partition coefficient (Wildman–Crippen LogP) is 3.05.